The molecule has 0 aromatic carbocycles. The van der Waals surface area contributed by atoms with E-state index in [0.717, 1.165) is 6.08 Å². The van der Waals surface area contributed by atoms with Crippen molar-refractivity contribution in [1.82, 2.24) is 4.90 Å². The van der Waals surface area contributed by atoms with E-state index in [1.807, 2.05) is 4.90 Å². The summed E-state index contributed by atoms with van der Waals surface area (Å²) >= 11 is 0. The maximum Gasteiger partial charge on any atom is 0.328 e. The Bertz CT molecular complexity index is 319. The van der Waals surface area contributed by atoms with Crippen molar-refractivity contribution in [3.05, 3.63) is 12.2 Å². The first-order valence-electron chi connectivity index (χ1n) is 4.32. The van der Waals surface area contributed by atoms with E-state index in [-0.39, 0.29) is 11.5 Å². The van der Waals surface area contributed by atoms with Gasteiger partial charge in [0.25, 0.3) is 0 Å². The van der Waals surface area contributed by atoms with Gasteiger partial charge in [-0.05, 0) is 0 Å². The Kier molecular flexibility index (Phi) is 3.65. The molecule has 0 spiro atoms. The standard InChI is InChI=1S/C8H13NO4S/c10-8(11)2-1-3-9-4-6-14(12,13)7-5-9/h1-2H,3-7H2,(H,10,11)/b2-1+. The molecule has 0 radical (unpaired) electrons. The van der Waals surface area contributed by atoms with Gasteiger partial charge in [0.05, 0.1) is 11.5 Å². The van der Waals surface area contributed by atoms with Crippen molar-refractivity contribution < 1.29 is 18.3 Å². The lowest BCUT2D eigenvalue weighted by Gasteiger charge is -2.24. The molecule has 14 heavy (non-hydrogen) atoms. The quantitative estimate of drug-likeness (QED) is 0.639. The van der Waals surface area contributed by atoms with E-state index in [1.165, 1.54) is 6.08 Å². The molecule has 6 heteroatoms. The molecule has 1 aliphatic heterocycles. The number of hydrogen-bond donors (Lipinski definition) is 1. The number of aliphatic carboxylic acids is 1. The highest BCUT2D eigenvalue weighted by Gasteiger charge is 2.20. The highest BCUT2D eigenvalue weighted by Crippen LogP contribution is 2.02. The molecule has 0 amide bonds. The van der Waals surface area contributed by atoms with Crippen molar-refractivity contribution in [3.8, 4) is 0 Å². The zero-order chi connectivity index (χ0) is 10.6. The van der Waals surface area contributed by atoms with Gasteiger partial charge in [0.2, 0.25) is 0 Å². The van der Waals surface area contributed by atoms with Crippen molar-refractivity contribution in [3.63, 3.8) is 0 Å². The molecule has 1 fully saturated rings. The number of carbonyl (C=O) groups is 1. The second kappa shape index (κ2) is 4.56. The minimum absolute atomic E-state index is 0.175. The summed E-state index contributed by atoms with van der Waals surface area (Å²) in [5, 5.41) is 8.32. The van der Waals surface area contributed by atoms with Crippen LogP contribution in [0.15, 0.2) is 12.2 Å². The van der Waals surface area contributed by atoms with Crippen LogP contribution in [0.2, 0.25) is 0 Å². The molecule has 1 saturated heterocycles. The molecule has 0 unspecified atom stereocenters. The van der Waals surface area contributed by atoms with Crippen LogP contribution in [-0.2, 0) is 14.6 Å². The van der Waals surface area contributed by atoms with Crippen molar-refractivity contribution in [2.24, 2.45) is 0 Å². The van der Waals surface area contributed by atoms with Crippen LogP contribution in [0.4, 0.5) is 0 Å². The number of hydrogen-bond acceptors (Lipinski definition) is 4. The minimum Gasteiger partial charge on any atom is -0.478 e. The van der Waals surface area contributed by atoms with E-state index in [2.05, 4.69) is 0 Å². The highest BCUT2D eigenvalue weighted by atomic mass is 32.2. The van der Waals surface area contributed by atoms with Gasteiger partial charge in [0.1, 0.15) is 0 Å². The number of nitrogens with zero attached hydrogens (tertiary/aromatic N) is 1. The van der Waals surface area contributed by atoms with E-state index in [0.29, 0.717) is 19.6 Å². The van der Waals surface area contributed by atoms with Crippen molar-refractivity contribution in [2.45, 2.75) is 0 Å². The van der Waals surface area contributed by atoms with Crippen LogP contribution in [0.3, 0.4) is 0 Å². The summed E-state index contributed by atoms with van der Waals surface area (Å²) in [6.07, 6.45) is 2.60. The van der Waals surface area contributed by atoms with Gasteiger partial charge in [-0.1, -0.05) is 6.08 Å². The van der Waals surface area contributed by atoms with Crippen LogP contribution in [-0.4, -0.2) is 55.5 Å². The van der Waals surface area contributed by atoms with E-state index in [4.69, 9.17) is 5.11 Å². The Hall–Kier alpha value is -0.880. The van der Waals surface area contributed by atoms with Crippen LogP contribution >= 0.6 is 0 Å². The van der Waals surface area contributed by atoms with Crippen LogP contribution in [0, 0.1) is 0 Å². The lowest BCUT2D eigenvalue weighted by molar-refractivity contribution is -0.131. The molecular weight excluding hydrogens is 206 g/mol. The fourth-order valence-electron chi connectivity index (χ4n) is 1.24. The van der Waals surface area contributed by atoms with Crippen molar-refractivity contribution in [1.29, 1.82) is 0 Å². The first-order chi connectivity index (χ1) is 6.49. The second-order valence-electron chi connectivity index (χ2n) is 3.19. The summed E-state index contributed by atoms with van der Waals surface area (Å²) in [6, 6.07) is 0. The fraction of sp³-hybridized carbons (Fsp3) is 0.625. The van der Waals surface area contributed by atoms with Crippen LogP contribution in [0.25, 0.3) is 0 Å². The number of rotatable bonds is 3. The van der Waals surface area contributed by atoms with Gasteiger partial charge in [-0.25, -0.2) is 13.2 Å². The summed E-state index contributed by atoms with van der Waals surface area (Å²) in [5.41, 5.74) is 0. The monoisotopic (exact) mass is 219 g/mol. The van der Waals surface area contributed by atoms with Gasteiger partial charge >= 0.3 is 5.97 Å². The molecule has 0 aromatic heterocycles. The smallest absolute Gasteiger partial charge is 0.328 e. The van der Waals surface area contributed by atoms with Gasteiger partial charge < -0.3 is 5.11 Å². The Labute approximate surface area is 82.9 Å². The summed E-state index contributed by atoms with van der Waals surface area (Å²) < 4.78 is 22.1. The van der Waals surface area contributed by atoms with Crippen LogP contribution in [0.5, 0.6) is 0 Å². The van der Waals surface area contributed by atoms with Crippen molar-refractivity contribution >= 4 is 15.8 Å². The first kappa shape index (κ1) is 11.2. The maximum absolute atomic E-state index is 11.0. The van der Waals surface area contributed by atoms with Gasteiger partial charge in [-0.15, -0.1) is 0 Å². The number of sulfone groups is 1. The third-order valence-electron chi connectivity index (χ3n) is 2.06. The molecule has 0 atom stereocenters. The molecule has 5 nitrogen and oxygen atoms in total. The van der Waals surface area contributed by atoms with E-state index < -0.39 is 15.8 Å². The second-order valence-corrected chi connectivity index (χ2v) is 5.50. The molecule has 0 saturated carbocycles. The normalized spacial score (nSPS) is 22.6. The molecule has 1 heterocycles. The van der Waals surface area contributed by atoms with Crippen molar-refractivity contribution in [2.75, 3.05) is 31.1 Å². The fourth-order valence-corrected chi connectivity index (χ4v) is 2.51. The lowest BCUT2D eigenvalue weighted by Crippen LogP contribution is -2.40. The molecule has 0 aliphatic carbocycles. The van der Waals surface area contributed by atoms with E-state index >= 15 is 0 Å². The molecule has 1 aliphatic rings. The summed E-state index contributed by atoms with van der Waals surface area (Å²) in [7, 11) is -2.84. The summed E-state index contributed by atoms with van der Waals surface area (Å²) in [4.78, 5) is 12.1. The van der Waals surface area contributed by atoms with Crippen LogP contribution < -0.4 is 0 Å². The Morgan fingerprint density at radius 1 is 1.36 bits per heavy atom. The predicted octanol–water partition coefficient (Wildman–Crippen LogP) is -0.642. The van der Waals surface area contributed by atoms with E-state index in [1.54, 1.807) is 0 Å². The zero-order valence-electron chi connectivity index (χ0n) is 7.72. The number of carboxylic acid groups (broad SMARTS) is 1. The van der Waals surface area contributed by atoms with Gasteiger partial charge in [-0.3, -0.25) is 4.90 Å². The lowest BCUT2D eigenvalue weighted by atomic mass is 10.4. The molecule has 80 valence electrons. The Balaban J connectivity index is 2.33. The molecular formula is C8H13NO4S. The molecule has 1 N–H and O–H groups in total. The Morgan fingerprint density at radius 3 is 2.43 bits per heavy atom. The average Bonchev–Trinajstić information content (AvgIpc) is 2.07. The highest BCUT2D eigenvalue weighted by molar-refractivity contribution is 7.91. The summed E-state index contributed by atoms with van der Waals surface area (Å²) in [6.45, 7) is 1.49. The Morgan fingerprint density at radius 2 is 1.93 bits per heavy atom. The first-order valence-corrected chi connectivity index (χ1v) is 6.14. The predicted molar refractivity (Wildman–Crippen MR) is 51.9 cm³/mol. The third-order valence-corrected chi connectivity index (χ3v) is 3.67. The average molecular weight is 219 g/mol. The maximum atomic E-state index is 11.0. The zero-order valence-corrected chi connectivity index (χ0v) is 8.53. The van der Waals surface area contributed by atoms with E-state index in [9.17, 15) is 13.2 Å². The molecule has 1 rings (SSSR count). The van der Waals surface area contributed by atoms with Crippen LogP contribution in [0.1, 0.15) is 0 Å². The third kappa shape index (κ3) is 3.89. The van der Waals surface area contributed by atoms with Gasteiger partial charge in [0.15, 0.2) is 9.84 Å². The van der Waals surface area contributed by atoms with Gasteiger partial charge in [0, 0.05) is 25.7 Å². The minimum atomic E-state index is -2.84. The summed E-state index contributed by atoms with van der Waals surface area (Å²) in [5.74, 6) is -0.628. The topological polar surface area (TPSA) is 74.7 Å². The number of carboxylic acids is 1. The van der Waals surface area contributed by atoms with Gasteiger partial charge in [-0.2, -0.15) is 0 Å². The molecule has 0 bridgehead atoms. The largest absolute Gasteiger partial charge is 0.478 e. The SMILES string of the molecule is O=C(O)/C=C/CN1CCS(=O)(=O)CC1. The molecule has 0 aromatic rings.